The number of aromatic amines is 1. The number of fused-ring (bicyclic) bond motifs is 1. The van der Waals surface area contributed by atoms with Crippen LogP contribution in [0.4, 0.5) is 8.78 Å². The van der Waals surface area contributed by atoms with E-state index in [2.05, 4.69) is 10.3 Å². The summed E-state index contributed by atoms with van der Waals surface area (Å²) < 4.78 is 31.6. The summed E-state index contributed by atoms with van der Waals surface area (Å²) in [4.78, 5) is 26.9. The second kappa shape index (κ2) is 7.35. The average molecular weight is 358 g/mol. The van der Waals surface area contributed by atoms with E-state index in [0.717, 1.165) is 23.0 Å². The van der Waals surface area contributed by atoms with E-state index in [1.165, 1.54) is 6.07 Å². The van der Waals surface area contributed by atoms with Crippen molar-refractivity contribution in [3.63, 3.8) is 0 Å². The van der Waals surface area contributed by atoms with Crippen molar-refractivity contribution < 1.29 is 23.1 Å². The van der Waals surface area contributed by atoms with Crippen molar-refractivity contribution in [2.24, 2.45) is 0 Å². The number of hydrogen-bond acceptors (Lipinski definition) is 3. The molecule has 1 amide bonds. The summed E-state index contributed by atoms with van der Waals surface area (Å²) in [7, 11) is 0. The van der Waals surface area contributed by atoms with Crippen molar-refractivity contribution in [3.05, 3.63) is 71.4 Å². The van der Waals surface area contributed by atoms with E-state index in [0.29, 0.717) is 0 Å². The highest BCUT2D eigenvalue weighted by molar-refractivity contribution is 5.95. The van der Waals surface area contributed by atoms with E-state index in [4.69, 9.17) is 4.74 Å². The molecule has 3 rings (SSSR count). The van der Waals surface area contributed by atoms with Crippen LogP contribution in [-0.4, -0.2) is 23.5 Å². The Morgan fingerprint density at radius 2 is 1.92 bits per heavy atom. The number of ether oxygens (including phenoxy) is 1. The molecule has 0 fully saturated rings. The molecule has 0 saturated carbocycles. The molecule has 26 heavy (non-hydrogen) atoms. The maximum Gasteiger partial charge on any atom is 0.355 e. The number of aromatic nitrogens is 1. The van der Waals surface area contributed by atoms with Gasteiger partial charge in [-0.1, -0.05) is 24.3 Å². The molecule has 0 aliphatic rings. The van der Waals surface area contributed by atoms with Crippen molar-refractivity contribution >= 4 is 22.8 Å². The van der Waals surface area contributed by atoms with Gasteiger partial charge in [0.2, 0.25) is 0 Å². The molecule has 2 N–H and O–H groups in total. The SMILES string of the molecule is C[C@@H](NC(=O)COC(=O)c1cc2ccccc2[nH]1)c1ccc(F)cc1F. The van der Waals surface area contributed by atoms with Crippen LogP contribution in [0.2, 0.25) is 0 Å². The molecule has 0 aliphatic heterocycles. The zero-order valence-electron chi connectivity index (χ0n) is 13.9. The number of esters is 1. The van der Waals surface area contributed by atoms with Crippen molar-refractivity contribution in [2.75, 3.05) is 6.61 Å². The highest BCUT2D eigenvalue weighted by Gasteiger charge is 2.17. The normalized spacial score (nSPS) is 12.0. The van der Waals surface area contributed by atoms with E-state index in [1.54, 1.807) is 13.0 Å². The topological polar surface area (TPSA) is 71.2 Å². The number of benzene rings is 2. The van der Waals surface area contributed by atoms with Gasteiger partial charge >= 0.3 is 5.97 Å². The molecule has 0 bridgehead atoms. The fourth-order valence-corrected chi connectivity index (χ4v) is 2.61. The fourth-order valence-electron chi connectivity index (χ4n) is 2.61. The monoisotopic (exact) mass is 358 g/mol. The number of nitrogens with one attached hydrogen (secondary N) is 2. The largest absolute Gasteiger partial charge is 0.451 e. The lowest BCUT2D eigenvalue weighted by Crippen LogP contribution is -2.31. The second-order valence-electron chi connectivity index (χ2n) is 5.80. The van der Waals surface area contributed by atoms with Crippen molar-refractivity contribution in [2.45, 2.75) is 13.0 Å². The van der Waals surface area contributed by atoms with Gasteiger partial charge in [-0.2, -0.15) is 0 Å². The minimum atomic E-state index is -0.757. The van der Waals surface area contributed by atoms with Gasteiger partial charge in [-0.3, -0.25) is 4.79 Å². The molecule has 1 heterocycles. The summed E-state index contributed by atoms with van der Waals surface area (Å²) >= 11 is 0. The van der Waals surface area contributed by atoms with Gasteiger partial charge in [-0.25, -0.2) is 13.6 Å². The second-order valence-corrected chi connectivity index (χ2v) is 5.80. The van der Waals surface area contributed by atoms with E-state index in [-0.39, 0.29) is 11.3 Å². The first-order valence-corrected chi connectivity index (χ1v) is 7.93. The minimum absolute atomic E-state index is 0.140. The zero-order valence-corrected chi connectivity index (χ0v) is 13.9. The van der Waals surface area contributed by atoms with Crippen LogP contribution in [0.3, 0.4) is 0 Å². The lowest BCUT2D eigenvalue weighted by atomic mass is 10.1. The highest BCUT2D eigenvalue weighted by atomic mass is 19.1. The van der Waals surface area contributed by atoms with Gasteiger partial charge in [0.25, 0.3) is 5.91 Å². The van der Waals surface area contributed by atoms with Crippen LogP contribution in [0.1, 0.15) is 29.0 Å². The highest BCUT2D eigenvalue weighted by Crippen LogP contribution is 2.18. The minimum Gasteiger partial charge on any atom is -0.451 e. The number of amides is 1. The van der Waals surface area contributed by atoms with E-state index < -0.39 is 36.2 Å². The summed E-state index contributed by atoms with van der Waals surface area (Å²) in [5.74, 6) is -2.72. The van der Waals surface area contributed by atoms with Gasteiger partial charge in [-0.05, 0) is 25.1 Å². The Hall–Kier alpha value is -3.22. The molecular formula is C19H16F2N2O3. The van der Waals surface area contributed by atoms with Crippen molar-refractivity contribution in [3.8, 4) is 0 Å². The predicted octanol–water partition coefficient (Wildman–Crippen LogP) is 3.48. The quantitative estimate of drug-likeness (QED) is 0.686. The first kappa shape index (κ1) is 17.6. The average Bonchev–Trinajstić information content (AvgIpc) is 3.03. The summed E-state index contributed by atoms with van der Waals surface area (Å²) in [5, 5.41) is 3.35. The molecule has 0 spiro atoms. The lowest BCUT2D eigenvalue weighted by molar-refractivity contribution is -0.124. The third kappa shape index (κ3) is 3.88. The Labute approximate surface area is 148 Å². The number of hydrogen-bond donors (Lipinski definition) is 2. The van der Waals surface area contributed by atoms with E-state index in [1.807, 2.05) is 24.3 Å². The Morgan fingerprint density at radius 1 is 1.15 bits per heavy atom. The van der Waals surface area contributed by atoms with Crippen LogP contribution in [0.25, 0.3) is 10.9 Å². The molecule has 0 saturated heterocycles. The van der Waals surface area contributed by atoms with E-state index in [9.17, 15) is 18.4 Å². The number of H-pyrrole nitrogens is 1. The van der Waals surface area contributed by atoms with Gasteiger partial charge in [-0.15, -0.1) is 0 Å². The number of para-hydroxylation sites is 1. The standard InChI is InChI=1S/C19H16F2N2O3/c1-11(14-7-6-13(20)9-15(14)21)22-18(24)10-26-19(25)17-8-12-4-2-3-5-16(12)23-17/h2-9,11,23H,10H2,1H3,(H,22,24)/t11-/m1/s1. The van der Waals surface area contributed by atoms with E-state index >= 15 is 0 Å². The third-order valence-corrected chi connectivity index (χ3v) is 3.89. The van der Waals surface area contributed by atoms with Crippen LogP contribution >= 0.6 is 0 Å². The molecule has 2 aromatic carbocycles. The predicted molar refractivity (Wildman–Crippen MR) is 91.5 cm³/mol. The molecule has 134 valence electrons. The Morgan fingerprint density at radius 3 is 2.65 bits per heavy atom. The molecule has 0 radical (unpaired) electrons. The van der Waals surface area contributed by atoms with Crippen LogP contribution in [0, 0.1) is 11.6 Å². The zero-order chi connectivity index (χ0) is 18.7. The third-order valence-electron chi connectivity index (χ3n) is 3.89. The van der Waals surface area contributed by atoms with Gasteiger partial charge in [0, 0.05) is 22.5 Å². The summed E-state index contributed by atoms with van der Waals surface area (Å²) in [6.45, 7) is 1.04. The smallest absolute Gasteiger partial charge is 0.355 e. The molecule has 5 nitrogen and oxygen atoms in total. The number of carbonyl (C=O) groups excluding carboxylic acids is 2. The van der Waals surface area contributed by atoms with Crippen molar-refractivity contribution in [1.82, 2.24) is 10.3 Å². The molecule has 0 unspecified atom stereocenters. The first-order valence-electron chi connectivity index (χ1n) is 7.93. The van der Waals surface area contributed by atoms with Gasteiger partial charge in [0.05, 0.1) is 6.04 Å². The fraction of sp³-hybridized carbons (Fsp3) is 0.158. The van der Waals surface area contributed by atoms with Crippen LogP contribution in [0.5, 0.6) is 0 Å². The Balaban J connectivity index is 1.57. The van der Waals surface area contributed by atoms with Crippen molar-refractivity contribution in [1.29, 1.82) is 0 Å². The first-order chi connectivity index (χ1) is 12.4. The molecule has 7 heteroatoms. The van der Waals surface area contributed by atoms with Gasteiger partial charge in [0.1, 0.15) is 17.3 Å². The van der Waals surface area contributed by atoms with Crippen LogP contribution in [-0.2, 0) is 9.53 Å². The maximum atomic E-state index is 13.7. The Bertz CT molecular complexity index is 935. The summed E-state index contributed by atoms with van der Waals surface area (Å²) in [6, 6.07) is 11.4. The number of rotatable bonds is 5. The number of halogens is 2. The van der Waals surface area contributed by atoms with Crippen LogP contribution in [0.15, 0.2) is 48.5 Å². The van der Waals surface area contributed by atoms with Crippen LogP contribution < -0.4 is 5.32 Å². The molecular weight excluding hydrogens is 342 g/mol. The Kier molecular flexibility index (Phi) is 4.97. The summed E-state index contributed by atoms with van der Waals surface area (Å²) in [5.41, 5.74) is 1.16. The maximum absolute atomic E-state index is 13.7. The summed E-state index contributed by atoms with van der Waals surface area (Å²) in [6.07, 6.45) is 0. The lowest BCUT2D eigenvalue weighted by Gasteiger charge is -2.15. The number of carbonyl (C=O) groups is 2. The van der Waals surface area contributed by atoms with Gasteiger partial charge < -0.3 is 15.0 Å². The molecule has 0 aliphatic carbocycles. The molecule has 1 atom stereocenters. The van der Waals surface area contributed by atoms with Gasteiger partial charge in [0.15, 0.2) is 6.61 Å². The molecule has 1 aromatic heterocycles. The molecule has 3 aromatic rings.